The predicted octanol–water partition coefficient (Wildman–Crippen LogP) is 1.87. The van der Waals surface area contributed by atoms with Crippen LogP contribution in [0.5, 0.6) is 11.5 Å². The van der Waals surface area contributed by atoms with Gasteiger partial charge in [0.15, 0.2) is 11.5 Å². The molecule has 1 atom stereocenters. The second kappa shape index (κ2) is 7.22. The highest BCUT2D eigenvalue weighted by atomic mass is 16.5. The molecule has 8 heteroatoms. The first-order valence-electron chi connectivity index (χ1n) is 8.98. The Morgan fingerprint density at radius 1 is 0.964 bits per heavy atom. The maximum absolute atomic E-state index is 12.6. The van der Waals surface area contributed by atoms with Gasteiger partial charge in [-0.2, -0.15) is 0 Å². The zero-order valence-corrected chi connectivity index (χ0v) is 15.2. The summed E-state index contributed by atoms with van der Waals surface area (Å²) in [6, 6.07) is 10.0. The Hall–Kier alpha value is -3.55. The number of H-pyrrole nitrogens is 2. The van der Waals surface area contributed by atoms with Crippen LogP contribution in [-0.4, -0.2) is 29.1 Å². The maximum Gasteiger partial charge on any atom is 0.314 e. The predicted molar refractivity (Wildman–Crippen MR) is 103 cm³/mol. The van der Waals surface area contributed by atoms with Crippen LogP contribution in [0, 0.1) is 0 Å². The summed E-state index contributed by atoms with van der Waals surface area (Å²) in [5.74, 6) is 1.07. The number of rotatable bonds is 3. The third kappa shape index (κ3) is 3.48. The number of hydrogen-bond acceptors (Lipinski definition) is 5. The van der Waals surface area contributed by atoms with Crippen molar-refractivity contribution in [1.29, 1.82) is 0 Å². The Kier molecular flexibility index (Phi) is 4.60. The minimum atomic E-state index is -0.759. The van der Waals surface area contributed by atoms with Gasteiger partial charge in [-0.05, 0) is 42.8 Å². The number of aromatic amines is 2. The second-order valence-corrected chi connectivity index (χ2v) is 6.62. The van der Waals surface area contributed by atoms with Gasteiger partial charge in [-0.1, -0.05) is 6.07 Å². The lowest BCUT2D eigenvalue weighted by Gasteiger charge is -2.16. The number of carbonyl (C=O) groups excluding carboxylic acids is 1. The fourth-order valence-electron chi connectivity index (χ4n) is 3.07. The number of amides is 1. The molecule has 144 valence electrons. The van der Waals surface area contributed by atoms with Crippen molar-refractivity contribution in [3.63, 3.8) is 0 Å². The van der Waals surface area contributed by atoms with Crippen LogP contribution in [0.3, 0.4) is 0 Å². The number of hydrogen-bond donors (Lipinski definition) is 3. The van der Waals surface area contributed by atoms with E-state index in [9.17, 15) is 14.4 Å². The van der Waals surface area contributed by atoms with Crippen LogP contribution in [0.15, 0.2) is 46.0 Å². The standard InChI is InChI=1S/C20H19N3O5/c1-11(12-4-6-16-17(10-12)28-8-2-7-27-16)21-18(24)13-3-5-14-15(9-13)23-20(26)19(25)22-14/h3-6,9-11H,2,7-8H2,1H3,(H,21,24)(H,22,25)(H,23,26)/t11-/m1/s1. The molecule has 8 nitrogen and oxygen atoms in total. The minimum absolute atomic E-state index is 0.269. The lowest BCUT2D eigenvalue weighted by atomic mass is 10.1. The molecule has 0 aliphatic carbocycles. The molecule has 0 saturated heterocycles. The Morgan fingerprint density at radius 2 is 1.68 bits per heavy atom. The highest BCUT2D eigenvalue weighted by molar-refractivity contribution is 5.97. The molecular formula is C20H19N3O5. The molecule has 1 aromatic heterocycles. The third-order valence-corrected chi connectivity index (χ3v) is 4.60. The van der Waals surface area contributed by atoms with Crippen molar-refractivity contribution in [1.82, 2.24) is 15.3 Å². The monoisotopic (exact) mass is 381 g/mol. The molecule has 3 aromatic rings. The number of aromatic nitrogens is 2. The molecule has 4 rings (SSSR count). The molecule has 0 saturated carbocycles. The largest absolute Gasteiger partial charge is 0.490 e. The summed E-state index contributed by atoms with van der Waals surface area (Å²) in [4.78, 5) is 40.5. The summed E-state index contributed by atoms with van der Waals surface area (Å²) in [5, 5.41) is 2.93. The summed E-state index contributed by atoms with van der Waals surface area (Å²) < 4.78 is 11.3. The van der Waals surface area contributed by atoms with Gasteiger partial charge in [0, 0.05) is 12.0 Å². The van der Waals surface area contributed by atoms with Crippen LogP contribution in [0.25, 0.3) is 11.0 Å². The summed E-state index contributed by atoms with van der Waals surface area (Å²) in [6.45, 7) is 3.08. The van der Waals surface area contributed by atoms with Crippen molar-refractivity contribution >= 4 is 16.9 Å². The number of ether oxygens (including phenoxy) is 2. The van der Waals surface area contributed by atoms with E-state index in [0.29, 0.717) is 41.3 Å². The molecule has 1 aliphatic rings. The number of carbonyl (C=O) groups is 1. The molecule has 2 aromatic carbocycles. The smallest absolute Gasteiger partial charge is 0.314 e. The van der Waals surface area contributed by atoms with E-state index in [4.69, 9.17) is 9.47 Å². The van der Waals surface area contributed by atoms with Crippen molar-refractivity contribution in [2.45, 2.75) is 19.4 Å². The van der Waals surface area contributed by atoms with E-state index in [-0.39, 0.29) is 11.9 Å². The Balaban J connectivity index is 1.55. The minimum Gasteiger partial charge on any atom is -0.490 e. The van der Waals surface area contributed by atoms with Gasteiger partial charge in [0.1, 0.15) is 0 Å². The zero-order valence-electron chi connectivity index (χ0n) is 15.2. The van der Waals surface area contributed by atoms with Crippen molar-refractivity contribution in [3.8, 4) is 11.5 Å². The van der Waals surface area contributed by atoms with Gasteiger partial charge in [-0.15, -0.1) is 0 Å². The van der Waals surface area contributed by atoms with Gasteiger partial charge in [-0.3, -0.25) is 14.4 Å². The van der Waals surface area contributed by atoms with Gasteiger partial charge in [0.05, 0.1) is 30.3 Å². The fraction of sp³-hybridized carbons (Fsp3) is 0.250. The van der Waals surface area contributed by atoms with Crippen LogP contribution >= 0.6 is 0 Å². The SMILES string of the molecule is C[C@@H](NC(=O)c1ccc2[nH]c(=O)c(=O)[nH]c2c1)c1ccc2c(c1)OCCCO2. The molecule has 0 unspecified atom stereocenters. The molecule has 0 fully saturated rings. The van der Waals surface area contributed by atoms with Crippen molar-refractivity contribution in [2.75, 3.05) is 13.2 Å². The summed E-state index contributed by atoms with van der Waals surface area (Å²) in [5.41, 5.74) is 0.614. The van der Waals surface area contributed by atoms with E-state index in [1.54, 1.807) is 12.1 Å². The second-order valence-electron chi connectivity index (χ2n) is 6.62. The Labute approximate surface area is 159 Å². The van der Waals surface area contributed by atoms with E-state index in [2.05, 4.69) is 15.3 Å². The first-order chi connectivity index (χ1) is 13.5. The highest BCUT2D eigenvalue weighted by Crippen LogP contribution is 2.32. The zero-order chi connectivity index (χ0) is 19.7. The van der Waals surface area contributed by atoms with Crippen molar-refractivity contribution < 1.29 is 14.3 Å². The molecule has 2 heterocycles. The lowest BCUT2D eigenvalue weighted by molar-refractivity contribution is 0.0940. The van der Waals surface area contributed by atoms with Crippen LogP contribution in [0.2, 0.25) is 0 Å². The van der Waals surface area contributed by atoms with E-state index >= 15 is 0 Å². The first-order valence-corrected chi connectivity index (χ1v) is 8.98. The first kappa shape index (κ1) is 17.8. The van der Waals surface area contributed by atoms with Crippen LogP contribution in [-0.2, 0) is 0 Å². The molecule has 1 aliphatic heterocycles. The van der Waals surface area contributed by atoms with E-state index in [1.165, 1.54) is 6.07 Å². The molecule has 0 bridgehead atoms. The average Bonchev–Trinajstić information content (AvgIpc) is 2.93. The normalized spacial score (nSPS) is 14.3. The lowest BCUT2D eigenvalue weighted by Crippen LogP contribution is -2.29. The summed E-state index contributed by atoms with van der Waals surface area (Å²) >= 11 is 0. The topological polar surface area (TPSA) is 113 Å². The van der Waals surface area contributed by atoms with Crippen molar-refractivity contribution in [2.24, 2.45) is 0 Å². The van der Waals surface area contributed by atoms with Gasteiger partial charge in [-0.25, -0.2) is 0 Å². The Morgan fingerprint density at radius 3 is 2.46 bits per heavy atom. The van der Waals surface area contributed by atoms with Crippen LogP contribution in [0.1, 0.15) is 35.3 Å². The van der Waals surface area contributed by atoms with E-state index in [0.717, 1.165) is 12.0 Å². The highest BCUT2D eigenvalue weighted by Gasteiger charge is 2.16. The van der Waals surface area contributed by atoms with E-state index < -0.39 is 11.1 Å². The molecule has 0 spiro atoms. The average molecular weight is 381 g/mol. The fourth-order valence-corrected chi connectivity index (χ4v) is 3.07. The molecular weight excluding hydrogens is 362 g/mol. The molecule has 0 radical (unpaired) electrons. The van der Waals surface area contributed by atoms with Gasteiger partial charge >= 0.3 is 11.1 Å². The molecule has 3 N–H and O–H groups in total. The van der Waals surface area contributed by atoms with Gasteiger partial charge in [0.25, 0.3) is 5.91 Å². The van der Waals surface area contributed by atoms with E-state index in [1.807, 2.05) is 25.1 Å². The maximum atomic E-state index is 12.6. The summed E-state index contributed by atoms with van der Waals surface area (Å²) in [6.07, 6.45) is 0.825. The van der Waals surface area contributed by atoms with Crippen LogP contribution < -0.4 is 25.9 Å². The number of fused-ring (bicyclic) bond motifs is 2. The number of benzene rings is 2. The molecule has 1 amide bonds. The molecule has 28 heavy (non-hydrogen) atoms. The summed E-state index contributed by atoms with van der Waals surface area (Å²) in [7, 11) is 0. The number of nitrogens with one attached hydrogen (secondary N) is 3. The third-order valence-electron chi connectivity index (χ3n) is 4.60. The quantitative estimate of drug-likeness (QED) is 0.600. The van der Waals surface area contributed by atoms with Gasteiger partial charge in [0.2, 0.25) is 0 Å². The Bertz CT molecular complexity index is 1160. The van der Waals surface area contributed by atoms with Gasteiger partial charge < -0.3 is 24.8 Å². The van der Waals surface area contributed by atoms with Crippen molar-refractivity contribution in [3.05, 3.63) is 68.2 Å². The van der Waals surface area contributed by atoms with Crippen LogP contribution in [0.4, 0.5) is 0 Å².